The van der Waals surface area contributed by atoms with Gasteiger partial charge in [-0.25, -0.2) is 13.4 Å². The molecule has 10 nitrogen and oxygen atoms in total. The predicted octanol–water partition coefficient (Wildman–Crippen LogP) is 0.141. The maximum Gasteiger partial charge on any atom is 0.273 e. The van der Waals surface area contributed by atoms with Crippen molar-refractivity contribution in [2.75, 3.05) is 23.0 Å². The van der Waals surface area contributed by atoms with E-state index in [2.05, 4.69) is 15.0 Å². The number of hydrogen-bond acceptors (Lipinski definition) is 10. The molecule has 1 aromatic carbocycles. The van der Waals surface area contributed by atoms with E-state index in [1.54, 1.807) is 24.5 Å². The summed E-state index contributed by atoms with van der Waals surface area (Å²) < 4.78 is 24.8. The first kappa shape index (κ1) is 25.5. The van der Waals surface area contributed by atoms with E-state index < -0.39 is 40.0 Å². The summed E-state index contributed by atoms with van der Waals surface area (Å²) in [5, 5.41) is 46.3. The number of nitrogens with one attached hydrogen (secondary N) is 2. The molecule has 0 radical (unpaired) electrons. The second kappa shape index (κ2) is 10.7. The van der Waals surface area contributed by atoms with Gasteiger partial charge < -0.3 is 25.7 Å². The molecule has 2 rings (SSSR count). The zero-order valence-electron chi connectivity index (χ0n) is 16.8. The van der Waals surface area contributed by atoms with Crippen molar-refractivity contribution in [3.63, 3.8) is 0 Å². The van der Waals surface area contributed by atoms with Crippen LogP contribution in [0.4, 0.5) is 5.13 Å². The highest BCUT2D eigenvalue weighted by Crippen LogP contribution is 2.30. The van der Waals surface area contributed by atoms with E-state index in [0.29, 0.717) is 5.75 Å². The largest absolute Gasteiger partial charge is 0.390 e. The van der Waals surface area contributed by atoms with Crippen LogP contribution in [0.15, 0.2) is 35.7 Å². The standard InChI is InChI=1S/C18H25N3O7S3/c1-29-9-8-13(22)15(24)18(26,14(23)11-6-4-3-5-7-11)20-16(25)12-10-30-17(19-12)21-31(2,27)28/h3-7,10,13-15,22-24,26H,8-9H2,1-2H3,(H,19,21)(H,20,25). The van der Waals surface area contributed by atoms with E-state index in [-0.39, 0.29) is 22.8 Å². The Morgan fingerprint density at radius 1 is 1.26 bits per heavy atom. The third-order valence-corrected chi connectivity index (χ3v) is 6.38. The minimum absolute atomic E-state index is 0.0691. The summed E-state index contributed by atoms with van der Waals surface area (Å²) in [6.45, 7) is 0. The predicted molar refractivity (Wildman–Crippen MR) is 119 cm³/mol. The van der Waals surface area contributed by atoms with Gasteiger partial charge in [-0.05, 0) is 24.0 Å². The van der Waals surface area contributed by atoms with Crippen LogP contribution in [0.25, 0.3) is 0 Å². The van der Waals surface area contributed by atoms with Crippen LogP contribution in [0.2, 0.25) is 0 Å². The Balaban J connectivity index is 2.32. The molecule has 0 bridgehead atoms. The number of aliphatic hydroxyl groups is 4. The van der Waals surface area contributed by atoms with Crippen molar-refractivity contribution in [1.82, 2.24) is 10.3 Å². The Morgan fingerprint density at radius 3 is 2.48 bits per heavy atom. The normalized spacial score (nSPS) is 16.7. The maximum absolute atomic E-state index is 12.7. The number of amides is 1. The fourth-order valence-corrected chi connectivity index (χ4v) is 4.73. The molecule has 172 valence electrons. The molecular weight excluding hydrogens is 466 g/mol. The molecule has 1 amide bonds. The van der Waals surface area contributed by atoms with E-state index in [4.69, 9.17) is 0 Å². The molecule has 4 atom stereocenters. The Bertz CT molecular complexity index is 971. The molecule has 0 spiro atoms. The van der Waals surface area contributed by atoms with Crippen LogP contribution in [-0.4, -0.2) is 75.9 Å². The number of hydrogen-bond donors (Lipinski definition) is 6. The zero-order valence-corrected chi connectivity index (χ0v) is 19.2. The summed E-state index contributed by atoms with van der Waals surface area (Å²) in [6, 6.07) is 7.85. The summed E-state index contributed by atoms with van der Waals surface area (Å²) in [7, 11) is -3.61. The molecule has 0 aliphatic heterocycles. The van der Waals surface area contributed by atoms with Crippen LogP contribution in [-0.2, 0) is 10.0 Å². The maximum atomic E-state index is 12.7. The first-order valence-corrected chi connectivity index (χ1v) is 13.2. The first-order chi connectivity index (χ1) is 14.5. The average Bonchev–Trinajstić information content (AvgIpc) is 3.18. The summed E-state index contributed by atoms with van der Waals surface area (Å²) in [6.07, 6.45) is -2.35. The molecule has 0 saturated carbocycles. The Morgan fingerprint density at radius 2 is 1.90 bits per heavy atom. The number of nitrogens with zero attached hydrogens (tertiary/aromatic N) is 1. The van der Waals surface area contributed by atoms with Gasteiger partial charge in [-0.15, -0.1) is 11.3 Å². The number of sulfonamides is 1. The fourth-order valence-electron chi connectivity index (χ4n) is 2.71. The SMILES string of the molecule is CSCCC(O)C(O)C(O)(NC(=O)c1csc(NS(C)(=O)=O)n1)C(O)c1ccccc1. The molecule has 4 unspecified atom stereocenters. The molecule has 1 heterocycles. The van der Waals surface area contributed by atoms with Gasteiger partial charge in [-0.2, -0.15) is 11.8 Å². The van der Waals surface area contributed by atoms with E-state index in [0.717, 1.165) is 17.6 Å². The van der Waals surface area contributed by atoms with Crippen LogP contribution in [0, 0.1) is 0 Å². The van der Waals surface area contributed by atoms with E-state index in [1.807, 2.05) is 0 Å². The summed E-state index contributed by atoms with van der Waals surface area (Å²) in [5.41, 5.74) is -2.72. The number of benzene rings is 1. The van der Waals surface area contributed by atoms with Gasteiger partial charge in [0.25, 0.3) is 5.91 Å². The average molecular weight is 492 g/mol. The van der Waals surface area contributed by atoms with Crippen LogP contribution in [0.5, 0.6) is 0 Å². The quantitative estimate of drug-likeness (QED) is 0.239. The highest BCUT2D eigenvalue weighted by Gasteiger charge is 2.48. The number of aromatic nitrogens is 1. The van der Waals surface area contributed by atoms with E-state index in [9.17, 15) is 33.6 Å². The Kier molecular flexibility index (Phi) is 8.83. The third-order valence-electron chi connectivity index (χ3n) is 4.29. The van der Waals surface area contributed by atoms with Crippen molar-refractivity contribution in [3.8, 4) is 0 Å². The van der Waals surface area contributed by atoms with Gasteiger partial charge in [0.2, 0.25) is 10.0 Å². The lowest BCUT2D eigenvalue weighted by molar-refractivity contribution is -0.190. The third kappa shape index (κ3) is 6.87. The molecular formula is C18H25N3O7S3. The van der Waals surface area contributed by atoms with Crippen LogP contribution in [0.1, 0.15) is 28.6 Å². The monoisotopic (exact) mass is 491 g/mol. The molecule has 0 aliphatic carbocycles. The van der Waals surface area contributed by atoms with Gasteiger partial charge in [0.05, 0.1) is 12.4 Å². The van der Waals surface area contributed by atoms with Gasteiger partial charge in [0, 0.05) is 5.38 Å². The van der Waals surface area contributed by atoms with Gasteiger partial charge in [-0.1, -0.05) is 30.3 Å². The molecule has 1 aromatic heterocycles. The first-order valence-electron chi connectivity index (χ1n) is 9.04. The number of anilines is 1. The Hall–Kier alpha value is -1.74. The van der Waals surface area contributed by atoms with Crippen molar-refractivity contribution in [2.24, 2.45) is 0 Å². The molecule has 2 aromatic rings. The lowest BCUT2D eigenvalue weighted by Gasteiger charge is -2.39. The summed E-state index contributed by atoms with van der Waals surface area (Å²) >= 11 is 2.25. The molecule has 6 N–H and O–H groups in total. The van der Waals surface area contributed by atoms with Crippen LogP contribution in [0.3, 0.4) is 0 Å². The Labute approximate surface area is 188 Å². The van der Waals surface area contributed by atoms with Gasteiger partial charge >= 0.3 is 0 Å². The minimum Gasteiger partial charge on any atom is -0.390 e. The minimum atomic E-state index is -3.61. The molecule has 0 saturated heterocycles. The van der Waals surface area contributed by atoms with Gasteiger partial charge in [-0.3, -0.25) is 9.52 Å². The summed E-state index contributed by atoms with van der Waals surface area (Å²) in [5.74, 6) is -0.512. The summed E-state index contributed by atoms with van der Waals surface area (Å²) in [4.78, 5) is 16.5. The topological polar surface area (TPSA) is 169 Å². The van der Waals surface area contributed by atoms with Crippen molar-refractivity contribution in [1.29, 1.82) is 0 Å². The van der Waals surface area contributed by atoms with Crippen LogP contribution >= 0.6 is 23.1 Å². The fraction of sp³-hybridized carbons (Fsp3) is 0.444. The second-order valence-electron chi connectivity index (χ2n) is 6.80. The van der Waals surface area contributed by atoms with Crippen molar-refractivity contribution in [3.05, 3.63) is 47.0 Å². The number of thioether (sulfide) groups is 1. The lowest BCUT2D eigenvalue weighted by Crippen LogP contribution is -2.63. The molecule has 0 fully saturated rings. The van der Waals surface area contributed by atoms with Gasteiger partial charge in [0.1, 0.15) is 17.9 Å². The number of carbonyl (C=O) groups excluding carboxylic acids is 1. The number of thiazole rings is 1. The molecule has 31 heavy (non-hydrogen) atoms. The number of rotatable bonds is 11. The lowest BCUT2D eigenvalue weighted by atomic mass is 9.89. The highest BCUT2D eigenvalue weighted by molar-refractivity contribution is 7.98. The zero-order chi connectivity index (χ0) is 23.2. The molecule has 0 aliphatic rings. The molecule has 13 heteroatoms. The smallest absolute Gasteiger partial charge is 0.273 e. The second-order valence-corrected chi connectivity index (χ2v) is 10.4. The highest BCUT2D eigenvalue weighted by atomic mass is 32.2. The van der Waals surface area contributed by atoms with Crippen molar-refractivity contribution in [2.45, 2.75) is 30.5 Å². The van der Waals surface area contributed by atoms with Gasteiger partial charge in [0.15, 0.2) is 10.9 Å². The number of carbonyl (C=O) groups is 1. The van der Waals surface area contributed by atoms with Crippen LogP contribution < -0.4 is 10.0 Å². The van der Waals surface area contributed by atoms with E-state index in [1.165, 1.54) is 29.3 Å². The van der Waals surface area contributed by atoms with E-state index >= 15 is 0 Å². The van der Waals surface area contributed by atoms with Crippen molar-refractivity contribution < 1.29 is 33.6 Å². The van der Waals surface area contributed by atoms with Crippen molar-refractivity contribution >= 4 is 44.2 Å². The number of aliphatic hydroxyl groups excluding tert-OH is 3.